The van der Waals surface area contributed by atoms with Crippen LogP contribution in [0.25, 0.3) is 0 Å². The molecule has 0 bridgehead atoms. The van der Waals surface area contributed by atoms with Crippen LogP contribution >= 0.6 is 0 Å². The Balaban J connectivity index is 0.00000192. The number of benzene rings is 1. The molecular formula is C25H48BNO3. The van der Waals surface area contributed by atoms with Gasteiger partial charge in [0.15, 0.2) is 0 Å². The van der Waals surface area contributed by atoms with E-state index in [1.54, 1.807) is 0 Å². The molecule has 0 aliphatic rings. The lowest BCUT2D eigenvalue weighted by molar-refractivity contribution is 0.269. The van der Waals surface area contributed by atoms with Crippen molar-refractivity contribution in [1.82, 2.24) is 4.90 Å². The summed E-state index contributed by atoms with van der Waals surface area (Å²) in [5.74, 6) is 0. The second kappa shape index (κ2) is 21.4. The number of hydrogen-bond donors (Lipinski definition) is 3. The molecule has 1 aromatic rings. The lowest BCUT2D eigenvalue weighted by Gasteiger charge is -2.24. The molecule has 4 nitrogen and oxygen atoms in total. The first-order chi connectivity index (χ1) is 14.5. The van der Waals surface area contributed by atoms with Crippen LogP contribution in [0, 0.1) is 0 Å². The molecule has 3 N–H and O–H groups in total. The predicted molar refractivity (Wildman–Crippen MR) is 130 cm³/mol. The lowest BCUT2D eigenvalue weighted by atomic mass is 9.98. The minimum atomic E-state index is -2.17. The summed E-state index contributed by atoms with van der Waals surface area (Å²) in [4.78, 5) is 2.41. The molecule has 30 heavy (non-hydrogen) atoms. The van der Waals surface area contributed by atoms with Gasteiger partial charge in [-0.3, -0.25) is 0 Å². The largest absolute Gasteiger partial charge is 0.631 e. The second-order valence-corrected chi connectivity index (χ2v) is 8.68. The third kappa shape index (κ3) is 20.4. The molecule has 0 heterocycles. The monoisotopic (exact) mass is 421 g/mol. The summed E-state index contributed by atoms with van der Waals surface area (Å²) in [5.41, 5.74) is 1.47. The Morgan fingerprint density at radius 2 is 1.10 bits per heavy atom. The zero-order valence-corrected chi connectivity index (χ0v) is 19.9. The molecule has 0 aliphatic heterocycles. The molecule has 0 spiro atoms. The molecule has 0 fully saturated rings. The van der Waals surface area contributed by atoms with E-state index in [0.29, 0.717) is 6.04 Å². The molecule has 1 unspecified atom stereocenters. The van der Waals surface area contributed by atoms with Crippen molar-refractivity contribution in [2.24, 2.45) is 0 Å². The Bertz CT molecular complexity index is 454. The van der Waals surface area contributed by atoms with Gasteiger partial charge in [0.25, 0.3) is 0 Å². The lowest BCUT2D eigenvalue weighted by Crippen LogP contribution is -2.30. The van der Waals surface area contributed by atoms with Crippen LogP contribution in [0.1, 0.15) is 102 Å². The number of unbranched alkanes of at least 4 members (excludes halogenated alkanes) is 12. The van der Waals surface area contributed by atoms with Gasteiger partial charge in [-0.05, 0) is 32.5 Å². The third-order valence-corrected chi connectivity index (χ3v) is 5.69. The Hall–Kier alpha value is -0.875. The fraction of sp³-hybridized carbons (Fsp3) is 0.760. The molecule has 0 aliphatic carbocycles. The van der Waals surface area contributed by atoms with E-state index in [0.717, 1.165) is 0 Å². The molecule has 1 aromatic carbocycles. The molecule has 0 amide bonds. The van der Waals surface area contributed by atoms with Crippen molar-refractivity contribution < 1.29 is 15.1 Å². The van der Waals surface area contributed by atoms with Gasteiger partial charge in [0.2, 0.25) is 0 Å². The van der Waals surface area contributed by atoms with Crippen molar-refractivity contribution in [1.29, 1.82) is 0 Å². The van der Waals surface area contributed by atoms with E-state index >= 15 is 0 Å². The molecule has 174 valence electrons. The van der Waals surface area contributed by atoms with E-state index < -0.39 is 7.32 Å². The first kappa shape index (κ1) is 29.1. The van der Waals surface area contributed by atoms with Crippen molar-refractivity contribution in [2.45, 2.75) is 109 Å². The van der Waals surface area contributed by atoms with Crippen molar-refractivity contribution in [3.8, 4) is 0 Å². The number of nitrogens with zero attached hydrogens (tertiary/aromatic N) is 1. The van der Waals surface area contributed by atoms with E-state index in [1.807, 2.05) is 0 Å². The minimum Gasteiger partial charge on any atom is -0.402 e. The SMILES string of the molecule is CCCCCCCCCCCCCCCC(Cc1ccccc1)N(C)C.OB(O)O. The summed E-state index contributed by atoms with van der Waals surface area (Å²) < 4.78 is 0. The number of likely N-dealkylation sites (N-methyl/N-ethyl adjacent to an activating group) is 1. The van der Waals surface area contributed by atoms with Crippen molar-refractivity contribution >= 4 is 7.32 Å². The molecule has 0 saturated carbocycles. The van der Waals surface area contributed by atoms with Crippen LogP contribution in [0.15, 0.2) is 30.3 Å². The summed E-state index contributed by atoms with van der Waals surface area (Å²) in [7, 11) is 2.30. The predicted octanol–water partition coefficient (Wildman–Crippen LogP) is 5.59. The first-order valence-corrected chi connectivity index (χ1v) is 12.2. The van der Waals surface area contributed by atoms with Crippen LogP contribution in [-0.4, -0.2) is 47.4 Å². The van der Waals surface area contributed by atoms with Crippen LogP contribution in [0.4, 0.5) is 0 Å². The fourth-order valence-electron chi connectivity index (χ4n) is 3.83. The molecule has 5 heteroatoms. The molecule has 1 rings (SSSR count). The Morgan fingerprint density at radius 3 is 1.50 bits per heavy atom. The molecule has 0 aromatic heterocycles. The maximum atomic E-state index is 7.17. The molecule has 0 saturated heterocycles. The Kier molecular flexibility index (Phi) is 20.7. The van der Waals surface area contributed by atoms with Crippen molar-refractivity contribution in [3.05, 3.63) is 35.9 Å². The number of hydrogen-bond acceptors (Lipinski definition) is 4. The molecule has 0 radical (unpaired) electrons. The zero-order valence-electron chi connectivity index (χ0n) is 19.9. The van der Waals surface area contributed by atoms with Gasteiger partial charge in [-0.15, -0.1) is 0 Å². The highest BCUT2D eigenvalue weighted by atomic mass is 16.5. The van der Waals surface area contributed by atoms with E-state index in [-0.39, 0.29) is 0 Å². The summed E-state index contributed by atoms with van der Waals surface area (Å²) in [5, 5.41) is 21.5. The van der Waals surface area contributed by atoms with Gasteiger partial charge >= 0.3 is 7.32 Å². The van der Waals surface area contributed by atoms with E-state index in [2.05, 4.69) is 56.3 Å². The minimum absolute atomic E-state index is 0.685. The fourth-order valence-corrected chi connectivity index (χ4v) is 3.83. The standard InChI is InChI=1S/C25H45N.BH3O3/c1-4-5-6-7-8-9-10-11-12-13-14-15-19-22-25(26(2)3)23-24-20-17-16-18-21-24;2-1(3)4/h16-18,20-21,25H,4-15,19,22-23H2,1-3H3;2-4H. The highest BCUT2D eigenvalue weighted by Crippen LogP contribution is 2.16. The van der Waals surface area contributed by atoms with Crippen LogP contribution in [0.5, 0.6) is 0 Å². The van der Waals surface area contributed by atoms with Crippen molar-refractivity contribution in [3.63, 3.8) is 0 Å². The average Bonchev–Trinajstić information content (AvgIpc) is 2.70. The second-order valence-electron chi connectivity index (χ2n) is 8.68. The van der Waals surface area contributed by atoms with Crippen molar-refractivity contribution in [2.75, 3.05) is 14.1 Å². The van der Waals surface area contributed by atoms with Crippen LogP contribution in [-0.2, 0) is 6.42 Å². The van der Waals surface area contributed by atoms with E-state index in [4.69, 9.17) is 15.1 Å². The summed E-state index contributed by atoms with van der Waals surface area (Å²) >= 11 is 0. The van der Waals surface area contributed by atoms with Crippen LogP contribution in [0.3, 0.4) is 0 Å². The van der Waals surface area contributed by atoms with E-state index in [9.17, 15) is 0 Å². The normalized spacial score (nSPS) is 11.8. The highest BCUT2D eigenvalue weighted by molar-refractivity contribution is 6.30. The van der Waals surface area contributed by atoms with Crippen LogP contribution < -0.4 is 0 Å². The van der Waals surface area contributed by atoms with Gasteiger partial charge in [0.1, 0.15) is 0 Å². The Morgan fingerprint density at radius 1 is 0.700 bits per heavy atom. The summed E-state index contributed by atoms with van der Waals surface area (Å²) in [6.07, 6.45) is 21.2. The highest BCUT2D eigenvalue weighted by Gasteiger charge is 2.11. The van der Waals surface area contributed by atoms with Gasteiger partial charge in [-0.2, -0.15) is 0 Å². The van der Waals surface area contributed by atoms with Gasteiger partial charge < -0.3 is 20.0 Å². The third-order valence-electron chi connectivity index (χ3n) is 5.69. The summed E-state index contributed by atoms with van der Waals surface area (Å²) in [6.45, 7) is 2.30. The van der Waals surface area contributed by atoms with Gasteiger partial charge in [-0.25, -0.2) is 0 Å². The summed E-state index contributed by atoms with van der Waals surface area (Å²) in [6, 6.07) is 11.6. The number of rotatable bonds is 17. The van der Waals surface area contributed by atoms with E-state index in [1.165, 1.54) is 102 Å². The smallest absolute Gasteiger partial charge is 0.402 e. The maximum absolute atomic E-state index is 7.17. The maximum Gasteiger partial charge on any atom is 0.631 e. The van der Waals surface area contributed by atoms with Gasteiger partial charge in [-0.1, -0.05) is 121 Å². The topological polar surface area (TPSA) is 63.9 Å². The Labute approximate surface area is 186 Å². The average molecular weight is 421 g/mol. The first-order valence-electron chi connectivity index (χ1n) is 12.2. The molecule has 1 atom stereocenters. The quantitative estimate of drug-likeness (QED) is 0.227. The van der Waals surface area contributed by atoms with Gasteiger partial charge in [0.05, 0.1) is 0 Å². The van der Waals surface area contributed by atoms with Crippen LogP contribution in [0.2, 0.25) is 0 Å². The molecular weight excluding hydrogens is 373 g/mol. The van der Waals surface area contributed by atoms with Gasteiger partial charge in [0, 0.05) is 6.04 Å². The zero-order chi connectivity index (χ0) is 22.5.